The van der Waals surface area contributed by atoms with Crippen LogP contribution in [0.2, 0.25) is 15.1 Å². The molecule has 0 aliphatic rings. The van der Waals surface area contributed by atoms with E-state index in [4.69, 9.17) is 39.4 Å². The maximum Gasteiger partial charge on any atom is 0.266 e. The standard InChI is InChI=1S/C30H25Cl3N2O5S/c31-23-9-5-21(6-10-23)27(17-19-1-3-22(4-2-19)29(36)34-15-16-41(38,39)40)30(37)35-25-12-7-20(8-13-25)26-14-11-24(32)18-28(26)33/h1-14,18,27H,15-17H2,(H,34,36)(H,35,37)(H,38,39,40). The summed E-state index contributed by atoms with van der Waals surface area (Å²) in [4.78, 5) is 25.8. The number of nitrogens with one attached hydrogen (secondary N) is 2. The predicted molar refractivity (Wildman–Crippen MR) is 164 cm³/mol. The summed E-state index contributed by atoms with van der Waals surface area (Å²) in [6.07, 6.45) is 0.344. The van der Waals surface area contributed by atoms with Gasteiger partial charge in [0.05, 0.1) is 11.7 Å². The van der Waals surface area contributed by atoms with Crippen molar-refractivity contribution < 1.29 is 22.6 Å². The lowest BCUT2D eigenvalue weighted by Crippen LogP contribution is -2.28. The van der Waals surface area contributed by atoms with Crippen LogP contribution in [0.25, 0.3) is 11.1 Å². The molecule has 0 radical (unpaired) electrons. The average molecular weight is 632 g/mol. The number of carbonyl (C=O) groups excluding carboxylic acids is 2. The number of benzene rings is 4. The number of carbonyl (C=O) groups is 2. The van der Waals surface area contributed by atoms with Crippen LogP contribution in [0, 0.1) is 0 Å². The Balaban J connectivity index is 1.48. The highest BCUT2D eigenvalue weighted by atomic mass is 35.5. The van der Waals surface area contributed by atoms with E-state index in [1.165, 1.54) is 0 Å². The van der Waals surface area contributed by atoms with Crippen LogP contribution >= 0.6 is 34.8 Å². The zero-order chi connectivity index (χ0) is 29.6. The van der Waals surface area contributed by atoms with Gasteiger partial charge in [-0.1, -0.05) is 77.3 Å². The maximum absolute atomic E-state index is 13.5. The van der Waals surface area contributed by atoms with Crippen LogP contribution in [0.5, 0.6) is 0 Å². The van der Waals surface area contributed by atoms with Crippen molar-refractivity contribution in [2.45, 2.75) is 12.3 Å². The second kappa shape index (κ2) is 13.5. The normalized spacial score (nSPS) is 12.0. The zero-order valence-corrected chi connectivity index (χ0v) is 24.6. The third-order valence-electron chi connectivity index (χ3n) is 6.28. The largest absolute Gasteiger partial charge is 0.351 e. The third kappa shape index (κ3) is 8.79. The van der Waals surface area contributed by atoms with E-state index in [9.17, 15) is 18.0 Å². The first-order valence-corrected chi connectivity index (χ1v) is 15.2. The summed E-state index contributed by atoms with van der Waals surface area (Å²) in [7, 11) is -4.17. The minimum absolute atomic E-state index is 0.216. The van der Waals surface area contributed by atoms with Crippen molar-refractivity contribution in [3.05, 3.63) is 123 Å². The summed E-state index contributed by atoms with van der Waals surface area (Å²) in [5.41, 5.74) is 4.20. The second-order valence-corrected chi connectivity index (χ2v) is 12.1. The number of hydrogen-bond donors (Lipinski definition) is 3. The van der Waals surface area contributed by atoms with E-state index in [0.717, 1.165) is 22.3 Å². The van der Waals surface area contributed by atoms with Crippen molar-refractivity contribution in [3.63, 3.8) is 0 Å². The Morgan fingerprint density at radius 2 is 1.44 bits per heavy atom. The first-order chi connectivity index (χ1) is 19.5. The molecule has 0 fully saturated rings. The Morgan fingerprint density at radius 1 is 0.805 bits per heavy atom. The lowest BCUT2D eigenvalue weighted by Gasteiger charge is -2.18. The summed E-state index contributed by atoms with van der Waals surface area (Å²) >= 11 is 18.4. The Labute approximate surface area is 253 Å². The molecule has 4 aromatic rings. The summed E-state index contributed by atoms with van der Waals surface area (Å²) < 4.78 is 30.5. The molecule has 0 heterocycles. The van der Waals surface area contributed by atoms with Crippen molar-refractivity contribution in [2.75, 3.05) is 17.6 Å². The van der Waals surface area contributed by atoms with E-state index in [1.54, 1.807) is 72.8 Å². The van der Waals surface area contributed by atoms with Gasteiger partial charge < -0.3 is 10.6 Å². The molecule has 0 spiro atoms. The molecule has 1 unspecified atom stereocenters. The zero-order valence-electron chi connectivity index (χ0n) is 21.5. The van der Waals surface area contributed by atoms with E-state index in [-0.39, 0.29) is 12.5 Å². The van der Waals surface area contributed by atoms with Gasteiger partial charge in [0.2, 0.25) is 5.91 Å². The van der Waals surface area contributed by atoms with Crippen molar-refractivity contribution in [2.24, 2.45) is 0 Å². The topological polar surface area (TPSA) is 113 Å². The minimum atomic E-state index is -4.17. The minimum Gasteiger partial charge on any atom is -0.351 e. The molecule has 1 atom stereocenters. The van der Waals surface area contributed by atoms with Gasteiger partial charge in [-0.05, 0) is 71.6 Å². The van der Waals surface area contributed by atoms with Crippen molar-refractivity contribution in [1.82, 2.24) is 5.32 Å². The van der Waals surface area contributed by atoms with Crippen LogP contribution in [-0.2, 0) is 21.3 Å². The number of amides is 2. The van der Waals surface area contributed by atoms with E-state index in [2.05, 4.69) is 10.6 Å². The molecule has 0 aliphatic carbocycles. The summed E-state index contributed by atoms with van der Waals surface area (Å²) in [6.45, 7) is -0.216. The SMILES string of the molecule is O=C(NCCS(=O)(=O)O)c1ccc(CC(C(=O)Nc2ccc(-c3ccc(Cl)cc3Cl)cc2)c2ccc(Cl)cc2)cc1. The van der Waals surface area contributed by atoms with Crippen LogP contribution < -0.4 is 10.6 Å². The van der Waals surface area contributed by atoms with Crippen LogP contribution in [0.3, 0.4) is 0 Å². The molecule has 2 amide bonds. The van der Waals surface area contributed by atoms with E-state index in [1.807, 2.05) is 18.2 Å². The van der Waals surface area contributed by atoms with Crippen LogP contribution in [0.15, 0.2) is 91.0 Å². The smallest absolute Gasteiger partial charge is 0.266 e. The Kier molecular flexibility index (Phi) is 10.1. The van der Waals surface area contributed by atoms with Gasteiger partial charge in [0.15, 0.2) is 0 Å². The van der Waals surface area contributed by atoms with E-state index in [0.29, 0.717) is 32.7 Å². The summed E-state index contributed by atoms with van der Waals surface area (Å²) in [6, 6.07) is 26.3. The summed E-state index contributed by atoms with van der Waals surface area (Å²) in [5, 5.41) is 7.05. The predicted octanol–water partition coefficient (Wildman–Crippen LogP) is 6.90. The van der Waals surface area contributed by atoms with Crippen LogP contribution in [0.4, 0.5) is 5.69 Å². The molecule has 0 saturated carbocycles. The molecule has 4 rings (SSSR count). The van der Waals surface area contributed by atoms with E-state index >= 15 is 0 Å². The molecule has 0 aromatic heterocycles. The van der Waals surface area contributed by atoms with Gasteiger partial charge in [-0.2, -0.15) is 8.42 Å². The quantitative estimate of drug-likeness (QED) is 0.165. The number of rotatable bonds is 10. The highest BCUT2D eigenvalue weighted by Crippen LogP contribution is 2.31. The number of hydrogen-bond acceptors (Lipinski definition) is 4. The number of halogens is 3. The molecule has 41 heavy (non-hydrogen) atoms. The molecular weight excluding hydrogens is 607 g/mol. The first kappa shape index (κ1) is 30.6. The monoisotopic (exact) mass is 630 g/mol. The molecule has 3 N–H and O–H groups in total. The lowest BCUT2D eigenvalue weighted by atomic mass is 9.90. The van der Waals surface area contributed by atoms with Gasteiger partial charge >= 0.3 is 0 Å². The fourth-order valence-electron chi connectivity index (χ4n) is 4.17. The fraction of sp³-hybridized carbons (Fsp3) is 0.133. The molecule has 0 aliphatic heterocycles. The third-order valence-corrected chi connectivity index (χ3v) is 7.80. The molecule has 212 valence electrons. The van der Waals surface area contributed by atoms with E-state index < -0.39 is 27.7 Å². The van der Waals surface area contributed by atoms with Gasteiger partial charge in [0.1, 0.15) is 0 Å². The second-order valence-electron chi connectivity index (χ2n) is 9.24. The fourth-order valence-corrected chi connectivity index (χ4v) is 5.17. The lowest BCUT2D eigenvalue weighted by molar-refractivity contribution is -0.117. The Bertz CT molecular complexity index is 1640. The van der Waals surface area contributed by atoms with Crippen LogP contribution in [0.1, 0.15) is 27.4 Å². The summed E-state index contributed by atoms with van der Waals surface area (Å²) in [5.74, 6) is -1.84. The van der Waals surface area contributed by atoms with Crippen molar-refractivity contribution in [1.29, 1.82) is 0 Å². The molecule has 7 nitrogen and oxygen atoms in total. The first-order valence-electron chi connectivity index (χ1n) is 12.4. The molecule has 0 bridgehead atoms. The highest BCUT2D eigenvalue weighted by Gasteiger charge is 2.22. The van der Waals surface area contributed by atoms with Gasteiger partial charge in [-0.25, -0.2) is 0 Å². The maximum atomic E-state index is 13.5. The van der Waals surface area contributed by atoms with Crippen molar-refractivity contribution >= 4 is 62.4 Å². The Hall–Kier alpha value is -3.40. The van der Waals surface area contributed by atoms with Gasteiger partial charge in [-0.3, -0.25) is 14.1 Å². The number of anilines is 1. The molecular formula is C30H25Cl3N2O5S. The molecule has 0 saturated heterocycles. The van der Waals surface area contributed by atoms with Gasteiger partial charge in [-0.15, -0.1) is 0 Å². The molecule has 4 aromatic carbocycles. The van der Waals surface area contributed by atoms with Gasteiger partial charge in [0, 0.05) is 38.4 Å². The molecule has 11 heteroatoms. The van der Waals surface area contributed by atoms with Crippen molar-refractivity contribution in [3.8, 4) is 11.1 Å². The van der Waals surface area contributed by atoms with Crippen LogP contribution in [-0.4, -0.2) is 37.1 Å². The Morgan fingerprint density at radius 3 is 2.05 bits per heavy atom. The van der Waals surface area contributed by atoms with Gasteiger partial charge in [0.25, 0.3) is 16.0 Å². The highest BCUT2D eigenvalue weighted by molar-refractivity contribution is 7.85. The average Bonchev–Trinajstić information content (AvgIpc) is 2.92.